The maximum atomic E-state index is 13.6. The number of likely N-dealkylation sites (tertiary alicyclic amines) is 1. The van der Waals surface area contributed by atoms with Crippen LogP contribution in [0.1, 0.15) is 51.5 Å². The van der Waals surface area contributed by atoms with Crippen LogP contribution in [-0.2, 0) is 14.2 Å². The van der Waals surface area contributed by atoms with Crippen LogP contribution in [0, 0.1) is 17.8 Å². The Hall–Kier alpha value is -3.07. The Bertz CT molecular complexity index is 1340. The fourth-order valence-corrected chi connectivity index (χ4v) is 6.84. The molecule has 5 rings (SSSR count). The van der Waals surface area contributed by atoms with Crippen LogP contribution >= 0.6 is 11.6 Å². The number of rotatable bonds is 10. The van der Waals surface area contributed by atoms with Crippen molar-refractivity contribution in [3.05, 3.63) is 75.8 Å². The number of phenolic OH excluding ortho intramolecular Hbond substituents is 1. The Balaban J connectivity index is 1.45. The molecule has 2 saturated heterocycles. The van der Waals surface area contributed by atoms with Gasteiger partial charge in [-0.25, -0.2) is 0 Å². The number of amides is 2. The number of carbonyl (C=O) groups is 2. The summed E-state index contributed by atoms with van der Waals surface area (Å²) in [7, 11) is -1.02. The Kier molecular flexibility index (Phi) is 9.22. The summed E-state index contributed by atoms with van der Waals surface area (Å²) < 4.78 is 12.3. The number of benzene rings is 2. The average Bonchev–Trinajstić information content (AvgIpc) is 3.20. The van der Waals surface area contributed by atoms with E-state index >= 15 is 0 Å². The van der Waals surface area contributed by atoms with E-state index in [0.29, 0.717) is 43.9 Å². The molecule has 2 aromatic carbocycles. The smallest absolute Gasteiger partial charge is 0.455 e. The molecule has 1 aliphatic carbocycles. The van der Waals surface area contributed by atoms with Crippen LogP contribution < -0.4 is 4.74 Å². The molecular weight excluding hydrogens is 541 g/mol. The van der Waals surface area contributed by atoms with E-state index in [1.54, 1.807) is 12.1 Å². The van der Waals surface area contributed by atoms with Crippen molar-refractivity contribution in [3.63, 3.8) is 0 Å². The predicted molar refractivity (Wildman–Crippen MR) is 159 cm³/mol. The van der Waals surface area contributed by atoms with Gasteiger partial charge in [-0.15, -0.1) is 0 Å². The number of hydrogen-bond acceptors (Lipinski definition) is 6. The third kappa shape index (κ3) is 6.25. The molecule has 2 heterocycles. The highest BCUT2D eigenvalue weighted by Gasteiger charge is 2.57. The van der Waals surface area contributed by atoms with Crippen molar-refractivity contribution in [2.24, 2.45) is 17.8 Å². The van der Waals surface area contributed by atoms with Gasteiger partial charge >= 0.3 is 7.12 Å². The summed E-state index contributed by atoms with van der Waals surface area (Å²) in [6, 6.07) is 14.5. The molecule has 0 bridgehead atoms. The molecule has 216 valence electrons. The molecule has 4 atom stereocenters. The molecule has 0 unspecified atom stereocenters. The lowest BCUT2D eigenvalue weighted by Gasteiger charge is -2.43. The van der Waals surface area contributed by atoms with Gasteiger partial charge in [0.05, 0.1) is 23.0 Å². The normalized spacial score (nSPS) is 24.5. The molecule has 7 nitrogen and oxygen atoms in total. The maximum Gasteiger partial charge on any atom is 0.455 e. The lowest BCUT2D eigenvalue weighted by Crippen LogP contribution is -2.46. The van der Waals surface area contributed by atoms with Gasteiger partial charge in [-0.05, 0) is 91.4 Å². The first kappa shape index (κ1) is 29.4. The van der Waals surface area contributed by atoms with E-state index in [1.807, 2.05) is 43.3 Å². The first-order valence-electron chi connectivity index (χ1n) is 14.6. The zero-order chi connectivity index (χ0) is 29.1. The molecular formula is C32H37BClNO6. The van der Waals surface area contributed by atoms with Crippen molar-refractivity contribution < 1.29 is 29.1 Å². The molecule has 2 aliphatic heterocycles. The molecule has 0 saturated carbocycles. The van der Waals surface area contributed by atoms with Crippen LogP contribution in [-0.4, -0.2) is 53.2 Å². The second-order valence-corrected chi connectivity index (χ2v) is 11.6. The van der Waals surface area contributed by atoms with Crippen molar-refractivity contribution >= 4 is 36.6 Å². The lowest BCUT2D eigenvalue weighted by atomic mass is 9.58. The number of halogens is 1. The molecule has 41 heavy (non-hydrogen) atoms. The van der Waals surface area contributed by atoms with E-state index in [9.17, 15) is 19.7 Å². The number of phenols is 1. The van der Waals surface area contributed by atoms with Gasteiger partial charge in [-0.1, -0.05) is 55.3 Å². The summed E-state index contributed by atoms with van der Waals surface area (Å²) in [6.07, 6.45) is 5.14. The van der Waals surface area contributed by atoms with Crippen molar-refractivity contribution in [2.75, 3.05) is 13.2 Å². The third-order valence-electron chi connectivity index (χ3n) is 8.53. The highest BCUT2D eigenvalue weighted by molar-refractivity contribution is 6.43. The Morgan fingerprint density at radius 1 is 1.15 bits per heavy atom. The van der Waals surface area contributed by atoms with Gasteiger partial charge in [0, 0.05) is 6.54 Å². The number of allylic oxidation sites excluding steroid dienone is 1. The van der Waals surface area contributed by atoms with Gasteiger partial charge in [0.2, 0.25) is 11.8 Å². The minimum Gasteiger partial charge on any atom is -0.508 e. The topological polar surface area (TPSA) is 96.3 Å². The third-order valence-corrected chi connectivity index (χ3v) is 8.86. The SMILES string of the molecule is CCCN1C(=O)[C@@H]2[C@@H](CC(COc3ccccc3)=C3[C@@H](CC/C(=C/c4ccc(O)cc4Cl)CC)OB(O)C[C@@H]32)C1=O. The summed E-state index contributed by atoms with van der Waals surface area (Å²) in [5.74, 6) is -0.597. The zero-order valence-electron chi connectivity index (χ0n) is 23.6. The van der Waals surface area contributed by atoms with Gasteiger partial charge in [-0.2, -0.15) is 0 Å². The molecule has 2 N–H and O–H groups in total. The number of hydrogen-bond donors (Lipinski definition) is 2. The number of nitrogens with zero attached hydrogens (tertiary/aromatic N) is 1. The molecule has 9 heteroatoms. The highest BCUT2D eigenvalue weighted by Crippen LogP contribution is 2.50. The van der Waals surface area contributed by atoms with Crippen LogP contribution in [0.2, 0.25) is 11.3 Å². The van der Waals surface area contributed by atoms with Gasteiger partial charge in [0.15, 0.2) is 0 Å². The van der Waals surface area contributed by atoms with Crippen molar-refractivity contribution in [3.8, 4) is 11.5 Å². The zero-order valence-corrected chi connectivity index (χ0v) is 24.3. The van der Waals surface area contributed by atoms with Crippen LogP contribution in [0.25, 0.3) is 6.08 Å². The molecule has 0 spiro atoms. The second-order valence-electron chi connectivity index (χ2n) is 11.1. The number of carbonyl (C=O) groups excluding carboxylic acids is 2. The lowest BCUT2D eigenvalue weighted by molar-refractivity contribution is -0.140. The Labute approximate surface area is 246 Å². The summed E-state index contributed by atoms with van der Waals surface area (Å²) >= 11 is 6.36. The van der Waals surface area contributed by atoms with E-state index in [0.717, 1.165) is 34.5 Å². The number of ether oxygens (including phenoxy) is 1. The predicted octanol–water partition coefficient (Wildman–Crippen LogP) is 5.91. The summed E-state index contributed by atoms with van der Waals surface area (Å²) in [4.78, 5) is 28.4. The molecule has 3 aliphatic rings. The van der Waals surface area contributed by atoms with E-state index in [1.165, 1.54) is 11.0 Å². The van der Waals surface area contributed by atoms with Crippen LogP contribution in [0.3, 0.4) is 0 Å². The van der Waals surface area contributed by atoms with Crippen molar-refractivity contribution in [2.45, 2.75) is 58.4 Å². The minimum atomic E-state index is -1.02. The van der Waals surface area contributed by atoms with Crippen molar-refractivity contribution in [1.82, 2.24) is 4.90 Å². The molecule has 0 radical (unpaired) electrons. The average molecular weight is 578 g/mol. The molecule has 2 amide bonds. The van der Waals surface area contributed by atoms with Crippen LogP contribution in [0.5, 0.6) is 11.5 Å². The van der Waals surface area contributed by atoms with Crippen LogP contribution in [0.4, 0.5) is 0 Å². The second kappa shape index (κ2) is 12.8. The first-order chi connectivity index (χ1) is 19.8. The minimum absolute atomic E-state index is 0.113. The Morgan fingerprint density at radius 2 is 1.93 bits per heavy atom. The summed E-state index contributed by atoms with van der Waals surface area (Å²) in [6.45, 7) is 4.75. The molecule has 0 aromatic heterocycles. The summed E-state index contributed by atoms with van der Waals surface area (Å²) in [5.41, 5.74) is 3.96. The van der Waals surface area contributed by atoms with Crippen LogP contribution in [0.15, 0.2) is 65.3 Å². The monoisotopic (exact) mass is 577 g/mol. The van der Waals surface area contributed by atoms with Gasteiger partial charge in [0.25, 0.3) is 0 Å². The number of aromatic hydroxyl groups is 1. The van der Waals surface area contributed by atoms with Crippen molar-refractivity contribution in [1.29, 1.82) is 0 Å². The maximum absolute atomic E-state index is 13.6. The number of imide groups is 1. The first-order valence-corrected chi connectivity index (χ1v) is 14.9. The van der Waals surface area contributed by atoms with E-state index < -0.39 is 25.1 Å². The fraction of sp³-hybridized carbons (Fsp3) is 0.438. The van der Waals surface area contributed by atoms with E-state index in [4.69, 9.17) is 21.0 Å². The van der Waals surface area contributed by atoms with Gasteiger partial charge in [-0.3, -0.25) is 14.5 Å². The largest absolute Gasteiger partial charge is 0.508 e. The van der Waals surface area contributed by atoms with E-state index in [-0.39, 0.29) is 29.8 Å². The van der Waals surface area contributed by atoms with E-state index in [2.05, 4.69) is 6.92 Å². The number of para-hydroxylation sites is 1. The quantitative estimate of drug-likeness (QED) is 0.207. The molecule has 2 fully saturated rings. The Morgan fingerprint density at radius 3 is 2.63 bits per heavy atom. The van der Waals surface area contributed by atoms with Gasteiger partial charge < -0.3 is 19.5 Å². The highest BCUT2D eigenvalue weighted by atomic mass is 35.5. The number of fused-ring (bicyclic) bond motifs is 3. The van der Waals surface area contributed by atoms with Gasteiger partial charge in [0.1, 0.15) is 18.1 Å². The summed E-state index contributed by atoms with van der Waals surface area (Å²) in [5, 5.41) is 21.0. The fourth-order valence-electron chi connectivity index (χ4n) is 6.61. The standard InChI is InChI=1S/C32H37BClNO6/c1-3-14-35-31(37)25-16-22(19-40-24-8-6-5-7-9-24)29-26(30(25)32(35)38)18-33(39)41-28(29)13-10-20(4-2)15-21-11-12-23(36)17-27(21)34/h5-9,11-12,15,17,25-26,28,30,36,39H,3-4,10,13-14,16,18-19H2,1-2H3/b20-15+/t25-,26+,28-,30-/m1/s1. The molecule has 2 aromatic rings.